The molecule has 4 nitrogen and oxygen atoms in total. The number of nitrogens with one attached hydrogen (secondary N) is 1. The molecule has 0 aromatic heterocycles. The molecule has 0 spiro atoms. The Labute approximate surface area is 359 Å². The molecule has 0 radical (unpaired) electrons. The SMILES string of the molecule is O=C(CCCc1ccc2c(-c3c(P(c4ccccc4)c4ccccc4)ccc4ccccc34)c(P(c3ccccc3)c3ccccc3)ccc2c1)NCCOCCOCP. The largest absolute Gasteiger partial charge is 0.377 e. The Morgan fingerprint density at radius 2 is 0.983 bits per heavy atom. The molecule has 0 saturated heterocycles. The van der Waals surface area contributed by atoms with Crippen molar-refractivity contribution in [2.75, 3.05) is 32.7 Å². The number of aryl methyl sites for hydroxylation is 1. The van der Waals surface area contributed by atoms with E-state index in [1.165, 1.54) is 70.1 Å². The van der Waals surface area contributed by atoms with Gasteiger partial charge in [-0.15, -0.1) is 9.24 Å². The molecule has 8 aromatic rings. The van der Waals surface area contributed by atoms with Crippen LogP contribution in [0.2, 0.25) is 0 Å². The van der Waals surface area contributed by atoms with Crippen molar-refractivity contribution in [1.29, 1.82) is 0 Å². The zero-order valence-electron chi connectivity index (χ0n) is 33.8. The highest BCUT2D eigenvalue weighted by Gasteiger charge is 2.28. The molecule has 1 amide bonds. The van der Waals surface area contributed by atoms with Crippen molar-refractivity contribution < 1.29 is 14.3 Å². The summed E-state index contributed by atoms with van der Waals surface area (Å²) in [5.74, 6) is 0.0551. The van der Waals surface area contributed by atoms with Gasteiger partial charge in [-0.2, -0.15) is 0 Å². The van der Waals surface area contributed by atoms with Crippen LogP contribution in [0.4, 0.5) is 0 Å². The first kappa shape index (κ1) is 41.7. The lowest BCUT2D eigenvalue weighted by atomic mass is 9.92. The first-order valence-electron chi connectivity index (χ1n) is 20.7. The Morgan fingerprint density at radius 1 is 0.500 bits per heavy atom. The van der Waals surface area contributed by atoms with Crippen LogP contribution >= 0.6 is 25.1 Å². The molecule has 1 unspecified atom stereocenters. The van der Waals surface area contributed by atoms with Crippen LogP contribution < -0.4 is 37.1 Å². The van der Waals surface area contributed by atoms with E-state index in [-0.39, 0.29) is 5.91 Å². The van der Waals surface area contributed by atoms with Gasteiger partial charge in [0, 0.05) is 13.0 Å². The van der Waals surface area contributed by atoms with Crippen LogP contribution in [0, 0.1) is 0 Å². The third kappa shape index (κ3) is 9.94. The van der Waals surface area contributed by atoms with Gasteiger partial charge in [-0.05, 0) is 98.7 Å². The molecule has 8 rings (SSSR count). The first-order chi connectivity index (χ1) is 29.7. The van der Waals surface area contributed by atoms with Gasteiger partial charge in [0.1, 0.15) is 0 Å². The van der Waals surface area contributed by atoms with Crippen molar-refractivity contribution in [3.05, 3.63) is 194 Å². The average molecular weight is 842 g/mol. The Bertz CT molecular complexity index is 2550. The fourth-order valence-electron chi connectivity index (χ4n) is 7.95. The van der Waals surface area contributed by atoms with Crippen LogP contribution in [-0.4, -0.2) is 38.6 Å². The van der Waals surface area contributed by atoms with Gasteiger partial charge < -0.3 is 14.8 Å². The van der Waals surface area contributed by atoms with Gasteiger partial charge >= 0.3 is 0 Å². The van der Waals surface area contributed by atoms with E-state index in [9.17, 15) is 4.79 Å². The molecule has 0 fully saturated rings. The number of carbonyl (C=O) groups is 1. The van der Waals surface area contributed by atoms with Gasteiger partial charge in [-0.3, -0.25) is 4.79 Å². The number of benzene rings is 8. The minimum absolute atomic E-state index is 0.0551. The van der Waals surface area contributed by atoms with Crippen molar-refractivity contribution in [3.8, 4) is 11.1 Å². The number of hydrogen-bond acceptors (Lipinski definition) is 3. The summed E-state index contributed by atoms with van der Waals surface area (Å²) in [6.45, 7) is 2.06. The molecule has 8 aromatic carbocycles. The lowest BCUT2D eigenvalue weighted by molar-refractivity contribution is -0.121. The summed E-state index contributed by atoms with van der Waals surface area (Å²) in [5, 5.41) is 15.9. The second-order valence-corrected chi connectivity index (χ2v) is 19.3. The Morgan fingerprint density at radius 3 is 1.53 bits per heavy atom. The van der Waals surface area contributed by atoms with Gasteiger partial charge in [0.05, 0.1) is 26.2 Å². The molecule has 0 saturated carbocycles. The molecule has 0 aliphatic carbocycles. The number of rotatable bonds is 18. The van der Waals surface area contributed by atoms with Crippen molar-refractivity contribution >= 4 is 84.4 Å². The highest BCUT2D eigenvalue weighted by Crippen LogP contribution is 2.45. The molecule has 1 N–H and O–H groups in total. The standard InChI is InChI=1S/C53H50NO3P3/c55-51(54-34-35-56-36-37-57-39-58)27-15-16-40-28-31-48-42(38-40)30-33-50(60(45-22-9-3-10-23-45)46-24-11-4-12-25-46)53(48)52-47-26-14-13-17-41(47)29-32-49(52)59(43-18-5-1-6-19-43)44-20-7-2-8-21-44/h1-14,17-26,28-33,38H,15-16,27,34-37,39,58H2,(H,54,55). The lowest BCUT2D eigenvalue weighted by Crippen LogP contribution is -2.27. The van der Waals surface area contributed by atoms with Crippen LogP contribution in [0.25, 0.3) is 32.7 Å². The van der Waals surface area contributed by atoms with Crippen LogP contribution in [0.5, 0.6) is 0 Å². The van der Waals surface area contributed by atoms with Gasteiger partial charge in [0.25, 0.3) is 0 Å². The average Bonchev–Trinajstić information content (AvgIpc) is 3.30. The zero-order chi connectivity index (χ0) is 40.9. The molecule has 60 heavy (non-hydrogen) atoms. The maximum atomic E-state index is 12.7. The topological polar surface area (TPSA) is 47.6 Å². The van der Waals surface area contributed by atoms with Gasteiger partial charge in [-0.1, -0.05) is 188 Å². The Balaban J connectivity index is 1.26. The Hall–Kier alpha value is -5.04. The maximum absolute atomic E-state index is 12.7. The predicted molar refractivity (Wildman–Crippen MR) is 262 cm³/mol. The molecular formula is C53H50NO3P3. The molecule has 7 heteroatoms. The quantitative estimate of drug-likeness (QED) is 0.0693. The number of fused-ring (bicyclic) bond motifs is 2. The summed E-state index contributed by atoms with van der Waals surface area (Å²) < 4.78 is 10.8. The van der Waals surface area contributed by atoms with E-state index in [4.69, 9.17) is 9.47 Å². The minimum Gasteiger partial charge on any atom is -0.377 e. The van der Waals surface area contributed by atoms with E-state index in [1.807, 2.05) is 0 Å². The van der Waals surface area contributed by atoms with Crippen LogP contribution in [0.1, 0.15) is 18.4 Å². The third-order valence-corrected chi connectivity index (χ3v) is 15.9. The summed E-state index contributed by atoms with van der Waals surface area (Å²) >= 11 is 0. The van der Waals surface area contributed by atoms with E-state index in [0.29, 0.717) is 39.1 Å². The molecule has 0 bridgehead atoms. The number of carbonyl (C=O) groups excluding carboxylic acids is 1. The minimum atomic E-state index is -0.948. The summed E-state index contributed by atoms with van der Waals surface area (Å²) in [6.07, 6.45) is 2.65. The van der Waals surface area contributed by atoms with Crippen molar-refractivity contribution in [3.63, 3.8) is 0 Å². The highest BCUT2D eigenvalue weighted by atomic mass is 31.1. The normalized spacial score (nSPS) is 11.4. The van der Waals surface area contributed by atoms with Gasteiger partial charge in [0.15, 0.2) is 0 Å². The summed E-state index contributed by atoms with van der Waals surface area (Å²) in [5.41, 5.74) is 3.83. The van der Waals surface area contributed by atoms with Crippen molar-refractivity contribution in [1.82, 2.24) is 5.32 Å². The molecule has 300 valence electrons. The summed E-state index contributed by atoms with van der Waals surface area (Å²) in [6, 6.07) is 69.6. The fourth-order valence-corrected chi connectivity index (χ4v) is 13.1. The Kier molecular flexibility index (Phi) is 14.6. The van der Waals surface area contributed by atoms with E-state index < -0.39 is 15.8 Å². The van der Waals surface area contributed by atoms with Gasteiger partial charge in [0.2, 0.25) is 5.91 Å². The van der Waals surface area contributed by atoms with E-state index in [2.05, 4.69) is 203 Å². The molecule has 0 aliphatic heterocycles. The summed E-state index contributed by atoms with van der Waals surface area (Å²) in [7, 11) is 0.650. The molecular weight excluding hydrogens is 792 g/mol. The first-order valence-corrected chi connectivity index (χ1v) is 24.2. The predicted octanol–water partition coefficient (Wildman–Crippen LogP) is 9.48. The third-order valence-electron chi connectivity index (χ3n) is 10.7. The van der Waals surface area contributed by atoms with Crippen LogP contribution in [0.3, 0.4) is 0 Å². The van der Waals surface area contributed by atoms with Crippen molar-refractivity contribution in [2.24, 2.45) is 0 Å². The number of hydrogen-bond donors (Lipinski definition) is 1. The molecule has 0 aliphatic rings. The summed E-state index contributed by atoms with van der Waals surface area (Å²) in [4.78, 5) is 12.7. The molecule has 1 atom stereocenters. The number of amides is 1. The van der Waals surface area contributed by atoms with Crippen LogP contribution in [0.15, 0.2) is 188 Å². The smallest absolute Gasteiger partial charge is 0.220 e. The van der Waals surface area contributed by atoms with E-state index in [1.54, 1.807) is 0 Å². The van der Waals surface area contributed by atoms with Crippen LogP contribution in [-0.2, 0) is 20.7 Å². The maximum Gasteiger partial charge on any atom is 0.220 e. The zero-order valence-corrected chi connectivity index (χ0v) is 36.7. The lowest BCUT2D eigenvalue weighted by Gasteiger charge is -2.28. The number of ether oxygens (including phenoxy) is 2. The highest BCUT2D eigenvalue weighted by molar-refractivity contribution is 7.80. The monoisotopic (exact) mass is 841 g/mol. The van der Waals surface area contributed by atoms with E-state index in [0.717, 1.165) is 12.8 Å². The second kappa shape index (κ2) is 21.0. The fraction of sp³-hybridized carbons (Fsp3) is 0.151. The second-order valence-electron chi connectivity index (χ2n) is 14.6. The van der Waals surface area contributed by atoms with Crippen molar-refractivity contribution in [2.45, 2.75) is 19.3 Å². The van der Waals surface area contributed by atoms with E-state index >= 15 is 0 Å². The molecule has 0 heterocycles. The van der Waals surface area contributed by atoms with Gasteiger partial charge in [-0.25, -0.2) is 0 Å².